The summed E-state index contributed by atoms with van der Waals surface area (Å²) in [4.78, 5) is 24.0. The number of carboxylic acids is 1. The molecule has 31 heavy (non-hydrogen) atoms. The van der Waals surface area contributed by atoms with Gasteiger partial charge in [0.2, 0.25) is 0 Å². The maximum absolute atomic E-state index is 13.0. The molecule has 0 heterocycles. The Hall–Kier alpha value is -2.47. The third-order valence-corrected chi connectivity index (χ3v) is 5.75. The Morgan fingerprint density at radius 2 is 1.61 bits per heavy atom. The van der Waals surface area contributed by atoms with Crippen LogP contribution in [0.5, 0.6) is 5.75 Å². The van der Waals surface area contributed by atoms with E-state index in [9.17, 15) is 19.1 Å². The van der Waals surface area contributed by atoms with E-state index in [0.717, 1.165) is 12.7 Å². The Morgan fingerprint density at radius 1 is 1.00 bits per heavy atom. The van der Waals surface area contributed by atoms with Crippen LogP contribution in [0.25, 0.3) is 6.08 Å². The van der Waals surface area contributed by atoms with Gasteiger partial charge < -0.3 is 15.2 Å². The second-order valence-corrected chi connectivity index (χ2v) is 8.74. The van der Waals surface area contributed by atoms with Crippen LogP contribution in [0, 0.1) is 13.0 Å². The molecular weight excluding hydrogens is 627 g/mol. The van der Waals surface area contributed by atoms with Crippen molar-refractivity contribution >= 4 is 63.1 Å². The van der Waals surface area contributed by atoms with Gasteiger partial charge in [-0.1, -0.05) is 30.3 Å². The molecule has 8 heteroatoms. The first-order valence-corrected chi connectivity index (χ1v) is 11.2. The lowest BCUT2D eigenvalue weighted by molar-refractivity contribution is -0.132. The molecule has 1 amide bonds. The number of carboxylic acid groups (broad SMARTS) is 1. The van der Waals surface area contributed by atoms with Crippen molar-refractivity contribution < 1.29 is 23.8 Å². The van der Waals surface area contributed by atoms with Gasteiger partial charge in [-0.2, -0.15) is 0 Å². The summed E-state index contributed by atoms with van der Waals surface area (Å²) in [6, 6.07) is 18.0. The highest BCUT2D eigenvalue weighted by molar-refractivity contribution is 14.1. The van der Waals surface area contributed by atoms with Crippen LogP contribution in [0.2, 0.25) is 0 Å². The van der Waals surface area contributed by atoms with Gasteiger partial charge in [0.1, 0.15) is 23.9 Å². The average Bonchev–Trinajstić information content (AvgIpc) is 2.74. The van der Waals surface area contributed by atoms with Crippen molar-refractivity contribution in [3.63, 3.8) is 0 Å². The fraction of sp³-hybridized carbons (Fsp3) is 0.0435. The van der Waals surface area contributed by atoms with E-state index in [1.165, 1.54) is 18.2 Å². The van der Waals surface area contributed by atoms with Crippen LogP contribution in [0.3, 0.4) is 0 Å². The minimum atomic E-state index is -1.24. The van der Waals surface area contributed by atoms with Crippen LogP contribution < -0.4 is 10.1 Å². The molecule has 5 nitrogen and oxygen atoms in total. The smallest absolute Gasteiger partial charge is 0.352 e. The Kier molecular flexibility index (Phi) is 8.02. The quantitative estimate of drug-likeness (QED) is 0.265. The first-order valence-electron chi connectivity index (χ1n) is 9.01. The molecule has 0 radical (unpaired) electrons. The van der Waals surface area contributed by atoms with E-state index in [-0.39, 0.29) is 18.1 Å². The fourth-order valence-electron chi connectivity index (χ4n) is 2.64. The van der Waals surface area contributed by atoms with Crippen LogP contribution in [0.1, 0.15) is 21.5 Å². The SMILES string of the molecule is O=C(O)C(=Cc1cc(I)c(OCc2ccc(F)cc2)c(I)c1)NC(=O)c1ccccc1. The molecule has 0 saturated heterocycles. The molecule has 0 unspecified atom stereocenters. The Balaban J connectivity index is 1.79. The van der Waals surface area contributed by atoms with E-state index in [2.05, 4.69) is 50.5 Å². The summed E-state index contributed by atoms with van der Waals surface area (Å²) in [6.45, 7) is 0.273. The van der Waals surface area contributed by atoms with Gasteiger partial charge in [0.25, 0.3) is 5.91 Å². The lowest BCUT2D eigenvalue weighted by Crippen LogP contribution is -2.27. The van der Waals surface area contributed by atoms with Crippen LogP contribution in [-0.2, 0) is 11.4 Å². The Morgan fingerprint density at radius 3 is 2.19 bits per heavy atom. The molecule has 0 aliphatic rings. The molecule has 0 saturated carbocycles. The first kappa shape index (κ1) is 23.2. The van der Waals surface area contributed by atoms with Crippen LogP contribution in [0.15, 0.2) is 72.4 Å². The number of ether oxygens (including phenoxy) is 1. The lowest BCUT2D eigenvalue weighted by atomic mass is 10.1. The van der Waals surface area contributed by atoms with Crippen molar-refractivity contribution in [2.75, 3.05) is 0 Å². The zero-order valence-electron chi connectivity index (χ0n) is 15.9. The lowest BCUT2D eigenvalue weighted by Gasteiger charge is -2.12. The van der Waals surface area contributed by atoms with Crippen molar-refractivity contribution in [2.24, 2.45) is 0 Å². The van der Waals surface area contributed by atoms with Crippen molar-refractivity contribution in [2.45, 2.75) is 6.61 Å². The second kappa shape index (κ2) is 10.7. The number of benzene rings is 3. The molecule has 2 N–H and O–H groups in total. The average molecular weight is 643 g/mol. The highest BCUT2D eigenvalue weighted by Gasteiger charge is 2.15. The third-order valence-electron chi connectivity index (χ3n) is 4.14. The van der Waals surface area contributed by atoms with Gasteiger partial charge in [-0.3, -0.25) is 4.79 Å². The summed E-state index contributed by atoms with van der Waals surface area (Å²) in [7, 11) is 0. The predicted molar refractivity (Wildman–Crippen MR) is 132 cm³/mol. The van der Waals surface area contributed by atoms with Gasteiger partial charge in [-0.05, 0) is 98.8 Å². The van der Waals surface area contributed by atoms with Gasteiger partial charge >= 0.3 is 5.97 Å². The highest BCUT2D eigenvalue weighted by Crippen LogP contribution is 2.30. The van der Waals surface area contributed by atoms with E-state index in [1.807, 2.05) is 0 Å². The molecule has 3 rings (SSSR count). The Bertz CT molecular complexity index is 1110. The van der Waals surface area contributed by atoms with Gasteiger partial charge in [-0.15, -0.1) is 0 Å². The van der Waals surface area contributed by atoms with Crippen LogP contribution in [0.4, 0.5) is 4.39 Å². The molecule has 0 aliphatic heterocycles. The molecule has 0 aliphatic carbocycles. The third kappa shape index (κ3) is 6.50. The molecule has 0 aromatic heterocycles. The Labute approximate surface area is 205 Å². The van der Waals surface area contributed by atoms with E-state index < -0.39 is 11.9 Å². The number of rotatable bonds is 7. The van der Waals surface area contributed by atoms with E-state index in [0.29, 0.717) is 16.9 Å². The van der Waals surface area contributed by atoms with Gasteiger partial charge in [0, 0.05) is 5.56 Å². The second-order valence-electron chi connectivity index (χ2n) is 6.41. The van der Waals surface area contributed by atoms with Crippen LogP contribution >= 0.6 is 45.2 Å². The number of carbonyl (C=O) groups excluding carboxylic acids is 1. The molecule has 0 spiro atoms. The molecule has 158 valence electrons. The minimum Gasteiger partial charge on any atom is -0.487 e. The van der Waals surface area contributed by atoms with Gasteiger partial charge in [0.15, 0.2) is 0 Å². The first-order chi connectivity index (χ1) is 14.8. The van der Waals surface area contributed by atoms with E-state index in [1.54, 1.807) is 54.6 Å². The molecule has 0 fully saturated rings. The zero-order chi connectivity index (χ0) is 22.4. The maximum atomic E-state index is 13.0. The van der Waals surface area contributed by atoms with Crippen molar-refractivity contribution in [1.29, 1.82) is 0 Å². The monoisotopic (exact) mass is 643 g/mol. The number of carbonyl (C=O) groups is 2. The maximum Gasteiger partial charge on any atom is 0.352 e. The van der Waals surface area contributed by atoms with Crippen molar-refractivity contribution in [3.8, 4) is 5.75 Å². The van der Waals surface area contributed by atoms with Crippen molar-refractivity contribution in [1.82, 2.24) is 5.32 Å². The predicted octanol–water partition coefficient (Wildman–Crippen LogP) is 5.47. The van der Waals surface area contributed by atoms with E-state index >= 15 is 0 Å². The number of hydrogen-bond acceptors (Lipinski definition) is 3. The summed E-state index contributed by atoms with van der Waals surface area (Å²) in [5.41, 5.74) is 1.56. The minimum absolute atomic E-state index is 0.236. The largest absolute Gasteiger partial charge is 0.487 e. The van der Waals surface area contributed by atoms with Gasteiger partial charge in [-0.25, -0.2) is 9.18 Å². The normalized spacial score (nSPS) is 11.1. The number of nitrogens with one attached hydrogen (secondary N) is 1. The van der Waals surface area contributed by atoms with E-state index in [4.69, 9.17) is 4.74 Å². The molecule has 3 aromatic carbocycles. The topological polar surface area (TPSA) is 75.6 Å². The standard InChI is InChI=1S/C23H16FI2NO4/c24-17-8-6-14(7-9-17)13-31-21-18(25)10-15(11-19(21)26)12-20(23(29)30)27-22(28)16-4-2-1-3-5-16/h1-12H,13H2,(H,27,28)(H,29,30). The number of hydrogen-bond donors (Lipinski definition) is 2. The molecule has 0 bridgehead atoms. The summed E-state index contributed by atoms with van der Waals surface area (Å²) in [6.07, 6.45) is 1.40. The summed E-state index contributed by atoms with van der Waals surface area (Å²) in [5, 5.41) is 12.0. The molecule has 3 aromatic rings. The zero-order valence-corrected chi connectivity index (χ0v) is 20.3. The summed E-state index contributed by atoms with van der Waals surface area (Å²) in [5.74, 6) is -1.41. The molecular formula is C23H16FI2NO4. The summed E-state index contributed by atoms with van der Waals surface area (Å²) >= 11 is 4.21. The highest BCUT2D eigenvalue weighted by atomic mass is 127. The van der Waals surface area contributed by atoms with Gasteiger partial charge in [0.05, 0.1) is 7.14 Å². The molecule has 0 atom stereocenters. The number of aliphatic carboxylic acids is 1. The fourth-order valence-corrected chi connectivity index (χ4v) is 4.77. The van der Waals surface area contributed by atoms with Crippen molar-refractivity contribution in [3.05, 3.63) is 102 Å². The van der Waals surface area contributed by atoms with Crippen LogP contribution in [-0.4, -0.2) is 17.0 Å². The summed E-state index contributed by atoms with van der Waals surface area (Å²) < 4.78 is 20.5. The number of halogens is 3. The number of amides is 1.